The third kappa shape index (κ3) is 10.0. The average Bonchev–Trinajstić information content (AvgIpc) is 2.63. The summed E-state index contributed by atoms with van der Waals surface area (Å²) < 4.78 is 1.26. The number of halogens is 1. The van der Waals surface area contributed by atoms with Crippen molar-refractivity contribution in [1.82, 2.24) is 0 Å². The molecule has 1 rings (SSSR count). The Morgan fingerprint density at radius 3 is 1.92 bits per heavy atom. The zero-order valence-electron chi connectivity index (χ0n) is 17.1. The molecule has 0 spiro atoms. The molecule has 1 heterocycles. The first-order chi connectivity index (χ1) is 12.2. The van der Waals surface area contributed by atoms with E-state index < -0.39 is 0 Å². The summed E-state index contributed by atoms with van der Waals surface area (Å²) in [6, 6.07) is 0.801. The van der Waals surface area contributed by atoms with Crippen LogP contribution in [0.15, 0.2) is 0 Å². The van der Waals surface area contributed by atoms with E-state index in [1.54, 1.807) is 0 Å². The Morgan fingerprint density at radius 2 is 1.40 bits per heavy atom. The minimum atomic E-state index is 0.801. The number of unbranched alkanes of at least 4 members (excludes halogenated alkanes) is 11. The SMILES string of the molecule is CCCCCCCCCCCCCC[N+]1(CC#CBr)CCCCC1C. The normalized spacial score (nSPS) is 23.2. The summed E-state index contributed by atoms with van der Waals surface area (Å²) in [4.78, 5) is 2.95. The number of nitrogens with zero attached hydrogens (tertiary/aromatic N) is 1. The summed E-state index contributed by atoms with van der Waals surface area (Å²) in [7, 11) is 0. The van der Waals surface area contributed by atoms with E-state index >= 15 is 0 Å². The second kappa shape index (κ2) is 15.1. The molecule has 0 bridgehead atoms. The van der Waals surface area contributed by atoms with Gasteiger partial charge in [-0.3, -0.25) is 0 Å². The smallest absolute Gasteiger partial charge is 0.142 e. The Morgan fingerprint density at radius 1 is 0.840 bits per heavy atom. The zero-order chi connectivity index (χ0) is 18.2. The van der Waals surface area contributed by atoms with Gasteiger partial charge in [-0.25, -0.2) is 0 Å². The molecule has 0 saturated carbocycles. The van der Waals surface area contributed by atoms with Gasteiger partial charge in [0.2, 0.25) is 0 Å². The van der Waals surface area contributed by atoms with Gasteiger partial charge in [-0.2, -0.15) is 0 Å². The van der Waals surface area contributed by atoms with E-state index in [2.05, 4.69) is 40.5 Å². The second-order valence-electron chi connectivity index (χ2n) is 8.33. The average molecular weight is 414 g/mol. The highest BCUT2D eigenvalue weighted by atomic mass is 79.9. The molecule has 1 aliphatic rings. The van der Waals surface area contributed by atoms with E-state index in [4.69, 9.17) is 0 Å². The second-order valence-corrected chi connectivity index (χ2v) is 8.73. The molecule has 2 heteroatoms. The molecular formula is C23H43BrN+. The number of piperidine rings is 1. The van der Waals surface area contributed by atoms with E-state index in [-0.39, 0.29) is 0 Å². The summed E-state index contributed by atoms with van der Waals surface area (Å²) in [5.74, 6) is 3.32. The molecule has 0 aromatic carbocycles. The van der Waals surface area contributed by atoms with Crippen LogP contribution in [0.25, 0.3) is 0 Å². The number of rotatable bonds is 14. The van der Waals surface area contributed by atoms with Crippen LogP contribution in [0.1, 0.15) is 110 Å². The molecular weight excluding hydrogens is 370 g/mol. The van der Waals surface area contributed by atoms with Crippen molar-refractivity contribution in [3.05, 3.63) is 0 Å². The summed E-state index contributed by atoms with van der Waals surface area (Å²) >= 11 is 3.29. The minimum absolute atomic E-state index is 0.801. The summed E-state index contributed by atoms with van der Waals surface area (Å²) in [5, 5.41) is 0. The van der Waals surface area contributed by atoms with Crippen molar-refractivity contribution in [3.8, 4) is 10.8 Å². The highest BCUT2D eigenvalue weighted by molar-refractivity contribution is 9.12. The maximum atomic E-state index is 3.32. The van der Waals surface area contributed by atoms with Crippen molar-refractivity contribution < 1.29 is 4.48 Å². The van der Waals surface area contributed by atoms with Crippen molar-refractivity contribution in [1.29, 1.82) is 0 Å². The molecule has 1 saturated heterocycles. The molecule has 2 atom stereocenters. The van der Waals surface area contributed by atoms with Gasteiger partial charge < -0.3 is 4.48 Å². The number of quaternary nitrogens is 1. The van der Waals surface area contributed by atoms with Crippen LogP contribution in [-0.2, 0) is 0 Å². The van der Waals surface area contributed by atoms with Gasteiger partial charge in [0.05, 0.1) is 19.1 Å². The number of likely N-dealkylation sites (tertiary alicyclic amines) is 1. The third-order valence-electron chi connectivity index (χ3n) is 6.33. The fourth-order valence-corrected chi connectivity index (χ4v) is 4.59. The minimum Gasteiger partial charge on any atom is -0.311 e. The summed E-state index contributed by atoms with van der Waals surface area (Å²) in [5.41, 5.74) is 0. The Kier molecular flexibility index (Phi) is 13.9. The summed E-state index contributed by atoms with van der Waals surface area (Å²) in [6.07, 6.45) is 21.5. The van der Waals surface area contributed by atoms with Crippen LogP contribution in [0, 0.1) is 10.8 Å². The fourth-order valence-electron chi connectivity index (χ4n) is 4.46. The molecule has 0 radical (unpaired) electrons. The molecule has 1 nitrogen and oxygen atoms in total. The maximum Gasteiger partial charge on any atom is 0.142 e. The van der Waals surface area contributed by atoms with Crippen LogP contribution in [0.5, 0.6) is 0 Å². The van der Waals surface area contributed by atoms with Crippen LogP contribution in [0.2, 0.25) is 0 Å². The highest BCUT2D eigenvalue weighted by Gasteiger charge is 2.35. The Balaban J connectivity index is 2.05. The highest BCUT2D eigenvalue weighted by Crippen LogP contribution is 2.26. The van der Waals surface area contributed by atoms with Crippen molar-refractivity contribution in [2.75, 3.05) is 19.6 Å². The van der Waals surface area contributed by atoms with Gasteiger partial charge in [-0.1, -0.05) is 71.1 Å². The summed E-state index contributed by atoms with van der Waals surface area (Å²) in [6.45, 7) is 8.49. The lowest BCUT2D eigenvalue weighted by Crippen LogP contribution is -2.57. The van der Waals surface area contributed by atoms with Crippen molar-refractivity contribution in [2.45, 2.75) is 116 Å². The first kappa shape index (κ1) is 23.0. The van der Waals surface area contributed by atoms with E-state index in [1.165, 1.54) is 114 Å². The molecule has 1 fully saturated rings. The molecule has 0 amide bonds. The molecule has 1 aliphatic heterocycles. The Labute approximate surface area is 167 Å². The monoisotopic (exact) mass is 412 g/mol. The van der Waals surface area contributed by atoms with Crippen molar-refractivity contribution in [2.24, 2.45) is 0 Å². The van der Waals surface area contributed by atoms with Crippen LogP contribution in [-0.4, -0.2) is 30.2 Å². The van der Waals surface area contributed by atoms with Gasteiger partial charge in [0, 0.05) is 15.9 Å². The van der Waals surface area contributed by atoms with Gasteiger partial charge in [0.1, 0.15) is 6.54 Å². The molecule has 0 aromatic heterocycles. The number of hydrogen-bond donors (Lipinski definition) is 0. The molecule has 0 aromatic rings. The first-order valence-electron chi connectivity index (χ1n) is 11.2. The molecule has 0 N–H and O–H groups in total. The topological polar surface area (TPSA) is 0 Å². The predicted octanol–water partition coefficient (Wildman–Crippen LogP) is 7.43. The van der Waals surface area contributed by atoms with E-state index in [0.29, 0.717) is 0 Å². The Hall–Kier alpha value is 0. The quantitative estimate of drug-likeness (QED) is 0.158. The van der Waals surface area contributed by atoms with Crippen LogP contribution in [0.4, 0.5) is 0 Å². The van der Waals surface area contributed by atoms with Crippen molar-refractivity contribution >= 4 is 15.9 Å². The largest absolute Gasteiger partial charge is 0.311 e. The molecule has 25 heavy (non-hydrogen) atoms. The Bertz CT molecular complexity index is 370. The lowest BCUT2D eigenvalue weighted by molar-refractivity contribution is -0.948. The standard InChI is InChI=1S/C23H43BrN/c1-3-4-5-6-7-8-9-10-11-12-13-15-20-25(22-17-19-24)21-16-14-18-23(25)2/h23H,3-16,18,20-22H2,1-2H3/q+1. The molecule has 0 aliphatic carbocycles. The number of hydrogen-bond acceptors (Lipinski definition) is 0. The molecule has 2 unspecified atom stereocenters. The van der Waals surface area contributed by atoms with E-state index in [9.17, 15) is 0 Å². The van der Waals surface area contributed by atoms with Gasteiger partial charge in [-0.05, 0) is 49.8 Å². The van der Waals surface area contributed by atoms with Gasteiger partial charge >= 0.3 is 0 Å². The lowest BCUT2D eigenvalue weighted by Gasteiger charge is -2.45. The molecule has 146 valence electrons. The van der Waals surface area contributed by atoms with Crippen molar-refractivity contribution in [3.63, 3.8) is 0 Å². The fraction of sp³-hybridized carbons (Fsp3) is 0.913. The van der Waals surface area contributed by atoms with Crippen LogP contribution >= 0.6 is 15.9 Å². The predicted molar refractivity (Wildman–Crippen MR) is 116 cm³/mol. The van der Waals surface area contributed by atoms with Gasteiger partial charge in [-0.15, -0.1) is 0 Å². The van der Waals surface area contributed by atoms with E-state index in [1.807, 2.05) is 0 Å². The zero-order valence-corrected chi connectivity index (χ0v) is 18.7. The lowest BCUT2D eigenvalue weighted by atomic mass is 9.98. The van der Waals surface area contributed by atoms with E-state index in [0.717, 1.165) is 12.6 Å². The first-order valence-corrected chi connectivity index (χ1v) is 12.0. The maximum absolute atomic E-state index is 3.32. The van der Waals surface area contributed by atoms with Crippen LogP contribution < -0.4 is 0 Å². The van der Waals surface area contributed by atoms with Gasteiger partial charge in [0.15, 0.2) is 0 Å². The third-order valence-corrected chi connectivity index (χ3v) is 6.61. The van der Waals surface area contributed by atoms with Gasteiger partial charge in [0.25, 0.3) is 0 Å². The van der Waals surface area contributed by atoms with Crippen LogP contribution in [0.3, 0.4) is 0 Å².